The number of oxime groups is 1. The van der Waals surface area contributed by atoms with Gasteiger partial charge in [-0.05, 0) is 6.42 Å². The van der Waals surface area contributed by atoms with E-state index in [1.54, 1.807) is 6.42 Å². The van der Waals surface area contributed by atoms with Crippen LogP contribution in [0.15, 0.2) is 5.16 Å². The van der Waals surface area contributed by atoms with Crippen LogP contribution in [0.5, 0.6) is 0 Å². The molecule has 0 fully saturated rings. The van der Waals surface area contributed by atoms with Gasteiger partial charge in [-0.2, -0.15) is 0 Å². The van der Waals surface area contributed by atoms with E-state index < -0.39 is 0 Å². The Balaban J connectivity index is 2.66. The lowest BCUT2D eigenvalue weighted by Gasteiger charge is -1.74. The van der Waals surface area contributed by atoms with Gasteiger partial charge in [0, 0.05) is 12.6 Å². The number of unbranched alkanes of at least 4 members (excludes halogenated alkanes) is 1. The van der Waals surface area contributed by atoms with Crippen LogP contribution in [0.1, 0.15) is 13.3 Å². The molecule has 0 aliphatic carbocycles. The van der Waals surface area contributed by atoms with Gasteiger partial charge in [0.1, 0.15) is 0 Å². The highest BCUT2D eigenvalue weighted by Crippen LogP contribution is 1.75. The van der Waals surface area contributed by atoms with Gasteiger partial charge in [-0.3, -0.25) is 0 Å². The molecule has 0 spiro atoms. The summed E-state index contributed by atoms with van der Waals surface area (Å²) in [6.07, 6.45) is 4.05. The van der Waals surface area contributed by atoms with E-state index in [0.717, 1.165) is 6.42 Å². The largest absolute Gasteiger partial charge is 0.411 e. The van der Waals surface area contributed by atoms with E-state index in [1.807, 2.05) is 6.92 Å². The van der Waals surface area contributed by atoms with Crippen LogP contribution < -0.4 is 0 Å². The molecule has 0 unspecified atom stereocenters. The first-order valence-corrected chi connectivity index (χ1v) is 1.91. The third kappa shape index (κ3) is 3.47. The van der Waals surface area contributed by atoms with Crippen molar-refractivity contribution in [1.82, 2.24) is 0 Å². The Labute approximate surface area is 37.5 Å². The van der Waals surface area contributed by atoms with Gasteiger partial charge in [-0.1, -0.05) is 6.92 Å². The molecule has 0 aliphatic rings. The van der Waals surface area contributed by atoms with E-state index in [0.29, 0.717) is 0 Å². The molecule has 0 aromatic carbocycles. The monoisotopic (exact) mass is 86.1 g/mol. The Morgan fingerprint density at radius 2 is 2.50 bits per heavy atom. The van der Waals surface area contributed by atoms with Crippen LogP contribution in [0.4, 0.5) is 0 Å². The fourth-order valence-corrected chi connectivity index (χ4v) is 0.153. The van der Waals surface area contributed by atoms with Crippen molar-refractivity contribution in [1.29, 1.82) is 0 Å². The SMILES string of the molecule is CC[CH]/C=N\O. The Morgan fingerprint density at radius 3 is 2.67 bits per heavy atom. The average Bonchev–Trinajstić information content (AvgIpc) is 1.61. The van der Waals surface area contributed by atoms with E-state index in [1.165, 1.54) is 6.21 Å². The van der Waals surface area contributed by atoms with Gasteiger partial charge in [0.2, 0.25) is 0 Å². The maximum Gasteiger partial charge on any atom is 0.0473 e. The molecule has 0 aromatic rings. The topological polar surface area (TPSA) is 32.6 Å². The average molecular weight is 86.1 g/mol. The zero-order valence-electron chi connectivity index (χ0n) is 3.76. The first-order chi connectivity index (χ1) is 2.91. The van der Waals surface area contributed by atoms with E-state index >= 15 is 0 Å². The highest BCUT2D eigenvalue weighted by atomic mass is 16.4. The maximum absolute atomic E-state index is 7.74. The summed E-state index contributed by atoms with van der Waals surface area (Å²) in [5.41, 5.74) is 0. The molecule has 6 heavy (non-hydrogen) atoms. The minimum absolute atomic E-state index is 0.921. The van der Waals surface area contributed by atoms with Crippen molar-refractivity contribution in [2.75, 3.05) is 0 Å². The lowest BCUT2D eigenvalue weighted by Crippen LogP contribution is -1.70. The smallest absolute Gasteiger partial charge is 0.0473 e. The summed E-state index contributed by atoms with van der Waals surface area (Å²) in [6, 6.07) is 0. The molecule has 0 aromatic heterocycles. The molecule has 2 nitrogen and oxygen atoms in total. The van der Waals surface area contributed by atoms with Crippen LogP contribution in [0.3, 0.4) is 0 Å². The molecule has 1 radical (unpaired) electrons. The molecule has 1 N–H and O–H groups in total. The number of nitrogens with zero attached hydrogens (tertiary/aromatic N) is 1. The summed E-state index contributed by atoms with van der Waals surface area (Å²) in [5.74, 6) is 0. The molecule has 0 rings (SSSR count). The summed E-state index contributed by atoms with van der Waals surface area (Å²) in [6.45, 7) is 1.97. The Hall–Kier alpha value is -0.530. The predicted molar refractivity (Wildman–Crippen MR) is 24.9 cm³/mol. The first-order valence-electron chi connectivity index (χ1n) is 1.91. The van der Waals surface area contributed by atoms with Gasteiger partial charge >= 0.3 is 0 Å². The molecular formula is C4H8NO. The standard InChI is InChI=1S/C4H8NO/c1-2-3-4-5-6/h3-4,6H,2H2,1H3/b5-4-. The predicted octanol–water partition coefficient (Wildman–Crippen LogP) is 1.06. The number of hydrogen-bond donors (Lipinski definition) is 1. The number of rotatable bonds is 2. The lowest BCUT2D eigenvalue weighted by molar-refractivity contribution is 0.321. The van der Waals surface area contributed by atoms with E-state index in [2.05, 4.69) is 5.16 Å². The van der Waals surface area contributed by atoms with Gasteiger partial charge in [0.05, 0.1) is 0 Å². The summed E-state index contributed by atoms with van der Waals surface area (Å²) >= 11 is 0. The zero-order valence-corrected chi connectivity index (χ0v) is 3.76. The quantitative estimate of drug-likeness (QED) is 0.304. The van der Waals surface area contributed by atoms with Crippen LogP contribution in [0.2, 0.25) is 0 Å². The van der Waals surface area contributed by atoms with Crippen molar-refractivity contribution in [3.63, 3.8) is 0 Å². The normalized spacial score (nSPS) is 10.2. The summed E-state index contributed by atoms with van der Waals surface area (Å²) < 4.78 is 0. The molecular weight excluding hydrogens is 78.0 g/mol. The molecule has 0 aliphatic heterocycles. The highest BCUT2D eigenvalue weighted by Gasteiger charge is 1.68. The molecule has 0 heterocycles. The Kier molecular flexibility index (Phi) is 4.08. The van der Waals surface area contributed by atoms with Crippen molar-refractivity contribution < 1.29 is 5.21 Å². The maximum atomic E-state index is 7.74. The first kappa shape index (κ1) is 5.47. The Bertz CT molecular complexity index is 42.8. The van der Waals surface area contributed by atoms with E-state index in [9.17, 15) is 0 Å². The van der Waals surface area contributed by atoms with Crippen molar-refractivity contribution >= 4 is 6.21 Å². The van der Waals surface area contributed by atoms with Crippen LogP contribution >= 0.6 is 0 Å². The van der Waals surface area contributed by atoms with Gasteiger partial charge in [0.25, 0.3) is 0 Å². The highest BCUT2D eigenvalue weighted by molar-refractivity contribution is 5.66. The van der Waals surface area contributed by atoms with Crippen molar-refractivity contribution in [3.05, 3.63) is 6.42 Å². The summed E-state index contributed by atoms with van der Waals surface area (Å²) in [7, 11) is 0. The minimum atomic E-state index is 0.921. The lowest BCUT2D eigenvalue weighted by atomic mass is 10.4. The minimum Gasteiger partial charge on any atom is -0.411 e. The van der Waals surface area contributed by atoms with Crippen molar-refractivity contribution in [2.24, 2.45) is 5.16 Å². The third-order valence-corrected chi connectivity index (χ3v) is 0.408. The number of hydrogen-bond acceptors (Lipinski definition) is 2. The molecule has 0 saturated carbocycles. The van der Waals surface area contributed by atoms with Crippen LogP contribution in [-0.2, 0) is 0 Å². The molecule has 2 heteroatoms. The molecule has 0 amide bonds. The van der Waals surface area contributed by atoms with Gasteiger partial charge < -0.3 is 5.21 Å². The fourth-order valence-electron chi connectivity index (χ4n) is 0.153. The van der Waals surface area contributed by atoms with Crippen LogP contribution in [-0.4, -0.2) is 11.4 Å². The van der Waals surface area contributed by atoms with Crippen molar-refractivity contribution in [2.45, 2.75) is 13.3 Å². The van der Waals surface area contributed by atoms with Crippen molar-refractivity contribution in [3.8, 4) is 0 Å². The molecule has 0 bridgehead atoms. The van der Waals surface area contributed by atoms with Gasteiger partial charge in [-0.25, -0.2) is 0 Å². The second kappa shape index (κ2) is 4.47. The molecule has 0 atom stereocenters. The fraction of sp³-hybridized carbons (Fsp3) is 0.500. The molecule has 35 valence electrons. The zero-order chi connectivity index (χ0) is 4.83. The van der Waals surface area contributed by atoms with Crippen LogP contribution in [0, 0.1) is 6.42 Å². The summed E-state index contributed by atoms with van der Waals surface area (Å²) in [5, 5.41) is 10.5. The third-order valence-electron chi connectivity index (χ3n) is 0.408. The summed E-state index contributed by atoms with van der Waals surface area (Å²) in [4.78, 5) is 0. The Morgan fingerprint density at radius 1 is 1.83 bits per heavy atom. The second-order valence-electron chi connectivity index (χ2n) is 0.908. The van der Waals surface area contributed by atoms with Gasteiger partial charge in [0.15, 0.2) is 0 Å². The van der Waals surface area contributed by atoms with E-state index in [4.69, 9.17) is 5.21 Å². The molecule has 0 saturated heterocycles. The second-order valence-corrected chi connectivity index (χ2v) is 0.908. The van der Waals surface area contributed by atoms with Gasteiger partial charge in [-0.15, -0.1) is 5.16 Å². The van der Waals surface area contributed by atoms with E-state index in [-0.39, 0.29) is 0 Å². The van der Waals surface area contributed by atoms with Crippen LogP contribution in [0.25, 0.3) is 0 Å².